The van der Waals surface area contributed by atoms with Crippen molar-refractivity contribution in [3.8, 4) is 22.6 Å². The summed E-state index contributed by atoms with van der Waals surface area (Å²) in [6, 6.07) is 8.22. The molecule has 1 unspecified atom stereocenters. The van der Waals surface area contributed by atoms with Crippen molar-refractivity contribution in [2.75, 3.05) is 11.1 Å². The summed E-state index contributed by atoms with van der Waals surface area (Å²) in [5.74, 6) is 1.83. The maximum absolute atomic E-state index is 12.6. The Balaban J connectivity index is 1.24. The summed E-state index contributed by atoms with van der Waals surface area (Å²) in [7, 11) is 0. The second-order valence-electron chi connectivity index (χ2n) is 8.69. The second kappa shape index (κ2) is 10.0. The minimum atomic E-state index is -0.0936. The van der Waals surface area contributed by atoms with E-state index >= 15 is 0 Å². The van der Waals surface area contributed by atoms with Gasteiger partial charge in [-0.25, -0.2) is 4.98 Å². The molecule has 0 bridgehead atoms. The molecule has 1 amide bonds. The van der Waals surface area contributed by atoms with Gasteiger partial charge in [0, 0.05) is 33.3 Å². The number of thiazole rings is 1. The van der Waals surface area contributed by atoms with Gasteiger partial charge in [-0.3, -0.25) is 4.79 Å². The number of nitrogens with zero attached hydrogens (tertiary/aromatic N) is 4. The fourth-order valence-corrected chi connectivity index (χ4v) is 7.00. The van der Waals surface area contributed by atoms with Crippen molar-refractivity contribution in [2.24, 2.45) is 5.92 Å². The lowest BCUT2D eigenvalue weighted by molar-refractivity contribution is -0.113. The Morgan fingerprint density at radius 3 is 2.82 bits per heavy atom. The van der Waals surface area contributed by atoms with Crippen molar-refractivity contribution in [3.63, 3.8) is 0 Å². The lowest BCUT2D eigenvalue weighted by atomic mass is 9.88. The van der Waals surface area contributed by atoms with Crippen LogP contribution in [0, 0.1) is 12.8 Å². The lowest BCUT2D eigenvalue weighted by Crippen LogP contribution is -2.14. The third-order valence-corrected chi connectivity index (χ3v) is 8.88. The summed E-state index contributed by atoms with van der Waals surface area (Å²) in [5.41, 5.74) is 5.78. The van der Waals surface area contributed by atoms with E-state index in [2.05, 4.69) is 63.3 Å². The largest absolute Gasteiger partial charge is 0.302 e. The van der Waals surface area contributed by atoms with Crippen LogP contribution in [0.4, 0.5) is 5.13 Å². The Morgan fingerprint density at radius 1 is 1.21 bits per heavy atom. The summed E-state index contributed by atoms with van der Waals surface area (Å²) < 4.78 is 2.12. The number of carbonyl (C=O) groups is 1. The van der Waals surface area contributed by atoms with E-state index in [-0.39, 0.29) is 11.7 Å². The van der Waals surface area contributed by atoms with Gasteiger partial charge in [0.15, 0.2) is 16.1 Å². The first-order valence-corrected chi connectivity index (χ1v) is 14.2. The smallest absolute Gasteiger partial charge is 0.236 e. The van der Waals surface area contributed by atoms with Gasteiger partial charge >= 0.3 is 0 Å². The molecule has 1 aliphatic rings. The van der Waals surface area contributed by atoms with Crippen LogP contribution in [-0.4, -0.2) is 31.4 Å². The number of amides is 1. The van der Waals surface area contributed by atoms with E-state index in [9.17, 15) is 4.79 Å². The summed E-state index contributed by atoms with van der Waals surface area (Å²) >= 11 is 4.70. The van der Waals surface area contributed by atoms with Crippen LogP contribution in [0.5, 0.6) is 0 Å². The van der Waals surface area contributed by atoms with Crippen molar-refractivity contribution in [1.82, 2.24) is 19.7 Å². The number of nitrogens with one attached hydrogen (secondary N) is 1. The van der Waals surface area contributed by atoms with Crippen LogP contribution in [0.2, 0.25) is 0 Å². The number of thioether (sulfide) groups is 1. The van der Waals surface area contributed by atoms with Crippen molar-refractivity contribution in [3.05, 3.63) is 51.0 Å². The first-order valence-electron chi connectivity index (χ1n) is 11.5. The number of carbonyl (C=O) groups excluding carboxylic acids is 1. The van der Waals surface area contributed by atoms with Crippen molar-refractivity contribution >= 4 is 45.5 Å². The minimum Gasteiger partial charge on any atom is -0.302 e. The van der Waals surface area contributed by atoms with Crippen LogP contribution in [0.15, 0.2) is 40.2 Å². The molecule has 5 rings (SSSR count). The normalized spacial score (nSPS) is 15.3. The maximum Gasteiger partial charge on any atom is 0.236 e. The second-order valence-corrected chi connectivity index (χ2v) is 11.5. The first kappa shape index (κ1) is 23.3. The Hall–Kier alpha value is -2.49. The van der Waals surface area contributed by atoms with Gasteiger partial charge in [-0.15, -0.1) is 32.9 Å². The van der Waals surface area contributed by atoms with E-state index in [1.807, 2.05) is 28.8 Å². The predicted molar refractivity (Wildman–Crippen MR) is 142 cm³/mol. The van der Waals surface area contributed by atoms with Gasteiger partial charge in [0.05, 0.1) is 11.4 Å². The van der Waals surface area contributed by atoms with Crippen LogP contribution in [0.3, 0.4) is 0 Å². The maximum atomic E-state index is 12.6. The quantitative estimate of drug-likeness (QED) is 0.295. The highest BCUT2D eigenvalue weighted by molar-refractivity contribution is 7.99. The number of aryl methyl sites for hydroxylation is 1. The molecule has 1 N–H and O–H groups in total. The van der Waals surface area contributed by atoms with Crippen molar-refractivity contribution in [2.45, 2.75) is 51.7 Å². The number of aromatic nitrogens is 4. The van der Waals surface area contributed by atoms with Gasteiger partial charge in [0.2, 0.25) is 5.91 Å². The van der Waals surface area contributed by atoms with Crippen LogP contribution in [0.25, 0.3) is 22.6 Å². The van der Waals surface area contributed by atoms with E-state index in [1.54, 1.807) is 0 Å². The van der Waals surface area contributed by atoms with Crippen LogP contribution in [-0.2, 0) is 24.2 Å². The number of hydrogen-bond acceptors (Lipinski definition) is 7. The monoisotopic (exact) mass is 509 g/mol. The fraction of sp³-hybridized carbons (Fsp3) is 0.360. The fourth-order valence-electron chi connectivity index (χ4n) is 4.22. The number of thiophene rings is 1. The molecule has 6 nitrogen and oxygen atoms in total. The SMILES string of the molecule is CCn1c(SCC(=O)Nc2nc(-c3ccc(C)cc3)cs2)nnc1-c1csc2c1CCC(C)C2. The lowest BCUT2D eigenvalue weighted by Gasteiger charge is -2.19. The molecular weight excluding hydrogens is 483 g/mol. The van der Waals surface area contributed by atoms with Gasteiger partial charge in [0.25, 0.3) is 0 Å². The number of benzene rings is 1. The molecule has 1 atom stereocenters. The molecule has 9 heteroatoms. The van der Waals surface area contributed by atoms with Crippen molar-refractivity contribution < 1.29 is 4.79 Å². The Bertz CT molecular complexity index is 1300. The number of fused-ring (bicyclic) bond motifs is 1. The molecule has 0 saturated carbocycles. The zero-order valence-electron chi connectivity index (χ0n) is 19.5. The summed E-state index contributed by atoms with van der Waals surface area (Å²) in [5, 5.41) is 17.4. The average molecular weight is 510 g/mol. The van der Waals surface area contributed by atoms with Gasteiger partial charge in [-0.05, 0) is 44.6 Å². The minimum absolute atomic E-state index is 0.0936. The highest BCUT2D eigenvalue weighted by atomic mass is 32.2. The number of hydrogen-bond donors (Lipinski definition) is 1. The first-order chi connectivity index (χ1) is 16.5. The van der Waals surface area contributed by atoms with E-state index in [4.69, 9.17) is 0 Å². The summed E-state index contributed by atoms with van der Waals surface area (Å²) in [6.45, 7) is 7.25. The molecule has 1 aliphatic carbocycles. The van der Waals surface area contributed by atoms with E-state index in [1.165, 1.54) is 51.1 Å². The Kier molecular flexibility index (Phi) is 6.85. The van der Waals surface area contributed by atoms with E-state index in [0.29, 0.717) is 5.13 Å². The Labute approximate surface area is 211 Å². The third-order valence-electron chi connectivity index (χ3n) is 6.11. The standard InChI is InChI=1S/C25H27N5OS3/c1-4-30-23(19-12-32-21-11-16(3)7-10-18(19)21)28-29-25(30)34-14-22(31)27-24-26-20(13-33-24)17-8-5-15(2)6-9-17/h5-6,8-9,12-13,16H,4,7,10-11,14H2,1-3H3,(H,26,27,31). The molecule has 0 saturated heterocycles. The molecule has 4 aromatic rings. The predicted octanol–water partition coefficient (Wildman–Crippen LogP) is 6.31. The zero-order valence-corrected chi connectivity index (χ0v) is 21.9. The van der Waals surface area contributed by atoms with E-state index in [0.717, 1.165) is 47.5 Å². The van der Waals surface area contributed by atoms with Crippen LogP contribution in [0.1, 0.15) is 36.3 Å². The number of rotatable bonds is 7. The molecule has 0 fully saturated rings. The Morgan fingerprint density at radius 2 is 2.03 bits per heavy atom. The highest BCUT2D eigenvalue weighted by Gasteiger charge is 2.24. The zero-order chi connectivity index (χ0) is 23.7. The van der Waals surface area contributed by atoms with E-state index < -0.39 is 0 Å². The summed E-state index contributed by atoms with van der Waals surface area (Å²) in [4.78, 5) is 18.7. The summed E-state index contributed by atoms with van der Waals surface area (Å²) in [6.07, 6.45) is 3.49. The molecule has 1 aromatic carbocycles. The molecule has 176 valence electrons. The molecule has 0 aliphatic heterocycles. The third kappa shape index (κ3) is 4.82. The van der Waals surface area contributed by atoms with Gasteiger partial charge in [0.1, 0.15) is 0 Å². The van der Waals surface area contributed by atoms with Gasteiger partial charge < -0.3 is 9.88 Å². The van der Waals surface area contributed by atoms with Gasteiger partial charge in [-0.1, -0.05) is 48.5 Å². The molecule has 3 heterocycles. The number of anilines is 1. The average Bonchev–Trinajstić information content (AvgIpc) is 3.55. The van der Waals surface area contributed by atoms with Crippen LogP contribution >= 0.6 is 34.4 Å². The highest BCUT2D eigenvalue weighted by Crippen LogP contribution is 2.38. The molecule has 0 spiro atoms. The van der Waals surface area contributed by atoms with Crippen molar-refractivity contribution in [1.29, 1.82) is 0 Å². The molecule has 34 heavy (non-hydrogen) atoms. The van der Waals surface area contributed by atoms with Crippen LogP contribution < -0.4 is 5.32 Å². The molecular formula is C25H27N5OS3. The topological polar surface area (TPSA) is 72.7 Å². The molecule has 0 radical (unpaired) electrons. The van der Waals surface area contributed by atoms with Gasteiger partial charge in [-0.2, -0.15) is 0 Å². The molecule has 3 aromatic heterocycles.